The number of aromatic amines is 1. The summed E-state index contributed by atoms with van der Waals surface area (Å²) in [5.41, 5.74) is 13.5. The van der Waals surface area contributed by atoms with Gasteiger partial charge in [-0.25, -0.2) is 29.5 Å². The molecule has 0 saturated carbocycles. The van der Waals surface area contributed by atoms with E-state index in [1.807, 2.05) is 117 Å². The lowest BCUT2D eigenvalue weighted by Crippen LogP contribution is -2.34. The van der Waals surface area contributed by atoms with Gasteiger partial charge >= 0.3 is 12.2 Å². The van der Waals surface area contributed by atoms with Crippen molar-refractivity contribution in [1.29, 1.82) is 0 Å². The number of ether oxygens (including phenoxy) is 2. The maximum Gasteiger partial charge on any atom is 0.415 e. The third-order valence-corrected chi connectivity index (χ3v) is 10.7. The molecule has 0 aliphatic carbocycles. The van der Waals surface area contributed by atoms with Crippen molar-refractivity contribution in [3.05, 3.63) is 123 Å². The van der Waals surface area contributed by atoms with Crippen LogP contribution in [0.25, 0.3) is 44.4 Å². The van der Waals surface area contributed by atoms with E-state index in [9.17, 15) is 9.59 Å². The van der Waals surface area contributed by atoms with E-state index in [0.29, 0.717) is 39.4 Å². The number of hydrogen-bond acceptors (Lipinski definition) is 9. The number of pyridine rings is 2. The Hall–Kier alpha value is -7.14. The summed E-state index contributed by atoms with van der Waals surface area (Å²) in [6.45, 7) is 10.9. The number of amides is 2. The second-order valence-electron chi connectivity index (χ2n) is 17.4. The number of anilines is 3. The second-order valence-corrected chi connectivity index (χ2v) is 19.2. The smallest absolute Gasteiger partial charge is 0.415 e. The molecule has 66 heavy (non-hydrogen) atoms. The largest absolute Gasteiger partial charge is 0.443 e. The van der Waals surface area contributed by atoms with Crippen molar-refractivity contribution < 1.29 is 19.1 Å². The summed E-state index contributed by atoms with van der Waals surface area (Å²) in [7, 11) is 7.00. The molecule has 3 aromatic carbocycles. The van der Waals surface area contributed by atoms with Gasteiger partial charge in [-0.2, -0.15) is 0 Å². The van der Waals surface area contributed by atoms with E-state index >= 15 is 0 Å². The zero-order valence-electron chi connectivity index (χ0n) is 38.2. The van der Waals surface area contributed by atoms with Crippen LogP contribution in [0.2, 0.25) is 0 Å². The highest BCUT2D eigenvalue weighted by molar-refractivity contribution is 9.10. The molecular formula is C50H48Br2N10O4. The molecule has 2 amide bonds. The molecular weight excluding hydrogens is 964 g/mol. The van der Waals surface area contributed by atoms with E-state index in [-0.39, 0.29) is 5.82 Å². The van der Waals surface area contributed by atoms with Crippen LogP contribution < -0.4 is 15.5 Å². The number of halogens is 2. The van der Waals surface area contributed by atoms with Gasteiger partial charge in [0.2, 0.25) is 0 Å². The number of carbonyl (C=O) groups is 2. The highest BCUT2D eigenvalue weighted by Gasteiger charge is 2.27. The van der Waals surface area contributed by atoms with Crippen molar-refractivity contribution >= 4 is 94.6 Å². The zero-order chi connectivity index (χ0) is 47.7. The highest BCUT2D eigenvalue weighted by atomic mass is 79.9. The van der Waals surface area contributed by atoms with Crippen LogP contribution in [0.1, 0.15) is 63.8 Å². The Morgan fingerprint density at radius 2 is 1.15 bits per heavy atom. The average molecular weight is 1010 g/mol. The first-order valence-corrected chi connectivity index (χ1v) is 22.3. The molecule has 0 bridgehead atoms. The number of carbonyl (C=O) groups excluding carboxylic acids is 2. The Labute approximate surface area is 399 Å². The SMILES string of the molecule is CN(C(=O)OC(C)(C)C)c1nc(N)c(C#Cc2cccc(C#Cc3cccc(Br)c3)c2)c2c1ncn2C.CN(C(=O)OC(C)(C)C)c1nc2[nH]c(-c3cccc(Br)c3)cc2c2c1ncn2C. The van der Waals surface area contributed by atoms with E-state index in [1.165, 1.54) is 9.80 Å². The van der Waals surface area contributed by atoms with Gasteiger partial charge in [0, 0.05) is 64.9 Å². The molecule has 14 nitrogen and oxygen atoms in total. The van der Waals surface area contributed by atoms with Crippen LogP contribution in [0, 0.1) is 23.7 Å². The number of H-pyrrole nitrogens is 1. The molecule has 3 N–H and O–H groups in total. The summed E-state index contributed by atoms with van der Waals surface area (Å²) in [4.78, 5) is 49.5. The van der Waals surface area contributed by atoms with Gasteiger partial charge in [-0.15, -0.1) is 0 Å². The number of aromatic nitrogens is 7. The number of hydrogen-bond donors (Lipinski definition) is 2. The Kier molecular flexibility index (Phi) is 13.3. The van der Waals surface area contributed by atoms with E-state index < -0.39 is 23.4 Å². The number of nitrogens with one attached hydrogen (secondary N) is 1. The van der Waals surface area contributed by atoms with Gasteiger partial charge in [-0.3, -0.25) is 9.80 Å². The van der Waals surface area contributed by atoms with Crippen LogP contribution in [0.15, 0.2) is 100 Å². The molecule has 8 rings (SSSR count). The Morgan fingerprint density at radius 1 is 0.667 bits per heavy atom. The maximum absolute atomic E-state index is 12.7. The lowest BCUT2D eigenvalue weighted by Gasteiger charge is -2.24. The van der Waals surface area contributed by atoms with E-state index in [2.05, 4.69) is 81.5 Å². The van der Waals surface area contributed by atoms with E-state index in [0.717, 1.165) is 47.8 Å². The van der Waals surface area contributed by atoms with Crippen molar-refractivity contribution in [3.63, 3.8) is 0 Å². The fourth-order valence-corrected chi connectivity index (χ4v) is 7.57. The quantitative estimate of drug-likeness (QED) is 0.164. The van der Waals surface area contributed by atoms with Crippen molar-refractivity contribution in [1.82, 2.24) is 34.1 Å². The lowest BCUT2D eigenvalue weighted by molar-refractivity contribution is 0.0578. The fourth-order valence-electron chi connectivity index (χ4n) is 6.77. The van der Waals surface area contributed by atoms with Gasteiger partial charge in [-0.05, 0) is 102 Å². The highest BCUT2D eigenvalue weighted by Crippen LogP contribution is 2.34. The first kappa shape index (κ1) is 46.8. The van der Waals surface area contributed by atoms with Crippen molar-refractivity contribution in [2.24, 2.45) is 14.1 Å². The van der Waals surface area contributed by atoms with Gasteiger partial charge in [-0.1, -0.05) is 79.8 Å². The standard InChI is InChI=1S/C29H26BrN5O2.C21H22BrN5O2/c1-29(2,3)37-28(36)35(5)27-24-25(34(4)18-32-24)23(26(31)33-27)15-14-20-9-6-8-19(16-20)12-13-21-10-7-11-22(30)17-21;1-21(2,3)29-20(28)27(5)19-16-17(26(4)11-23-16)14-10-15(24-18(14)25-19)12-7-6-8-13(22)9-12/h6-11,16-18H,1-5H3,(H2,31,33);6-11H,1-5H3,(H,24,25). The number of fused-ring (bicyclic) bond motifs is 4. The maximum atomic E-state index is 12.7. The van der Waals surface area contributed by atoms with E-state index in [1.54, 1.807) is 47.5 Å². The molecule has 0 saturated heterocycles. The molecule has 0 aliphatic rings. The predicted octanol–water partition coefficient (Wildman–Crippen LogP) is 10.7. The third kappa shape index (κ3) is 10.7. The number of benzene rings is 3. The van der Waals surface area contributed by atoms with Crippen molar-refractivity contribution in [3.8, 4) is 34.9 Å². The third-order valence-electron chi connectivity index (χ3n) is 9.76. The summed E-state index contributed by atoms with van der Waals surface area (Å²) in [6, 6.07) is 25.6. The topological polar surface area (TPSA) is 162 Å². The first-order chi connectivity index (χ1) is 31.2. The molecule has 0 spiro atoms. The monoisotopic (exact) mass is 1010 g/mol. The molecule has 0 atom stereocenters. The number of nitrogen functional groups attached to an aromatic ring is 1. The first-order valence-electron chi connectivity index (χ1n) is 20.7. The number of aryl methyl sites for hydroxylation is 2. The van der Waals surface area contributed by atoms with Gasteiger partial charge in [0.25, 0.3) is 0 Å². The van der Waals surface area contributed by atoms with Crippen LogP contribution in [-0.4, -0.2) is 71.5 Å². The van der Waals surface area contributed by atoms with Gasteiger partial charge in [0.05, 0.1) is 29.3 Å². The Morgan fingerprint density at radius 3 is 1.71 bits per heavy atom. The number of nitrogens with zero attached hydrogens (tertiary/aromatic N) is 8. The minimum absolute atomic E-state index is 0.194. The van der Waals surface area contributed by atoms with Crippen LogP contribution in [0.3, 0.4) is 0 Å². The molecule has 5 aromatic heterocycles. The lowest BCUT2D eigenvalue weighted by atomic mass is 10.1. The second kappa shape index (κ2) is 18.8. The summed E-state index contributed by atoms with van der Waals surface area (Å²) < 4.78 is 16.7. The van der Waals surface area contributed by atoms with Crippen LogP contribution in [0.5, 0.6) is 0 Å². The molecule has 8 aromatic rings. The summed E-state index contributed by atoms with van der Waals surface area (Å²) in [5, 5.41) is 0.941. The van der Waals surface area contributed by atoms with Gasteiger partial charge in [0.15, 0.2) is 11.6 Å². The fraction of sp³-hybridized carbons (Fsp3) is 0.240. The predicted molar refractivity (Wildman–Crippen MR) is 268 cm³/mol. The average Bonchev–Trinajstić information content (AvgIpc) is 3.97. The normalized spacial score (nSPS) is 11.3. The van der Waals surface area contributed by atoms with Crippen molar-refractivity contribution in [2.75, 3.05) is 29.6 Å². The van der Waals surface area contributed by atoms with Crippen molar-refractivity contribution in [2.45, 2.75) is 52.7 Å². The van der Waals surface area contributed by atoms with E-state index in [4.69, 9.17) is 20.2 Å². The summed E-state index contributed by atoms with van der Waals surface area (Å²) in [5.74, 6) is 13.6. The minimum Gasteiger partial charge on any atom is -0.443 e. The number of imidazole rings is 2. The molecule has 16 heteroatoms. The molecule has 336 valence electrons. The summed E-state index contributed by atoms with van der Waals surface area (Å²) >= 11 is 6.98. The molecule has 0 radical (unpaired) electrons. The van der Waals surface area contributed by atoms with Crippen LogP contribution >= 0.6 is 31.9 Å². The van der Waals surface area contributed by atoms with Crippen LogP contribution in [0.4, 0.5) is 27.0 Å². The molecule has 0 fully saturated rings. The molecule has 0 unspecified atom stereocenters. The van der Waals surface area contributed by atoms with Gasteiger partial charge in [0.1, 0.15) is 33.7 Å². The van der Waals surface area contributed by atoms with Gasteiger partial charge < -0.3 is 29.3 Å². The van der Waals surface area contributed by atoms with Crippen LogP contribution in [-0.2, 0) is 23.6 Å². The zero-order valence-corrected chi connectivity index (χ0v) is 41.4. The molecule has 0 aliphatic heterocycles. The Balaban J connectivity index is 0.000000202. The number of rotatable bonds is 3. The Bertz CT molecular complexity index is 3300. The molecule has 5 heterocycles. The minimum atomic E-state index is -0.650. The summed E-state index contributed by atoms with van der Waals surface area (Å²) in [6.07, 6.45) is 2.34. The number of nitrogens with two attached hydrogens (primary N) is 1.